The van der Waals surface area contributed by atoms with E-state index in [0.29, 0.717) is 0 Å². The Morgan fingerprint density at radius 2 is 1.93 bits per heavy atom. The molecule has 0 spiro atoms. The molecule has 1 aromatic carbocycles. The molecule has 0 aromatic heterocycles. The summed E-state index contributed by atoms with van der Waals surface area (Å²) in [5.41, 5.74) is 2.09. The first-order chi connectivity index (χ1) is 7.09. The number of hydrogen-bond acceptors (Lipinski definition) is 1. The average Bonchev–Trinajstić information content (AvgIpc) is 2.17. The van der Waals surface area contributed by atoms with Crippen LogP contribution in [0.1, 0.15) is 31.2 Å². The number of rotatable bonds is 5. The molecule has 1 N–H and O–H groups in total. The lowest BCUT2D eigenvalue weighted by Gasteiger charge is -2.14. The van der Waals surface area contributed by atoms with Gasteiger partial charge in [-0.3, -0.25) is 4.79 Å². The molecule has 15 heavy (non-hydrogen) atoms. The molecule has 0 radical (unpaired) electrons. The molecule has 2 heteroatoms. The maximum absolute atomic E-state index is 10.7. The average molecular weight is 204 g/mol. The lowest BCUT2D eigenvalue weighted by atomic mass is 9.90. The van der Waals surface area contributed by atoms with Crippen molar-refractivity contribution in [1.29, 1.82) is 0 Å². The van der Waals surface area contributed by atoms with Crippen LogP contribution in [0.3, 0.4) is 0 Å². The highest BCUT2D eigenvalue weighted by molar-refractivity contribution is 5.68. The number of carboxylic acids is 1. The van der Waals surface area contributed by atoms with Crippen molar-refractivity contribution < 1.29 is 9.90 Å². The van der Waals surface area contributed by atoms with Gasteiger partial charge in [0, 0.05) is 0 Å². The van der Waals surface area contributed by atoms with Gasteiger partial charge in [-0.05, 0) is 24.8 Å². The van der Waals surface area contributed by atoms with Crippen LogP contribution in [-0.4, -0.2) is 11.1 Å². The molecule has 0 saturated heterocycles. The van der Waals surface area contributed by atoms with Crippen LogP contribution in [-0.2, 0) is 4.79 Å². The Morgan fingerprint density at radius 3 is 2.40 bits per heavy atom. The van der Waals surface area contributed by atoms with Crippen molar-refractivity contribution in [2.75, 3.05) is 0 Å². The summed E-state index contributed by atoms with van der Waals surface area (Å²) in [6, 6.07) is 9.74. The fraction of sp³-hybridized carbons (Fsp3) is 0.308. The highest BCUT2D eigenvalue weighted by atomic mass is 16.4. The number of allylic oxidation sites excluding steroid dienone is 1. The predicted molar refractivity (Wildman–Crippen MR) is 60.9 cm³/mol. The molecule has 0 aliphatic rings. The monoisotopic (exact) mass is 204 g/mol. The van der Waals surface area contributed by atoms with Crippen molar-refractivity contribution in [2.45, 2.75) is 25.7 Å². The van der Waals surface area contributed by atoms with Gasteiger partial charge in [-0.15, -0.1) is 6.58 Å². The van der Waals surface area contributed by atoms with E-state index in [1.807, 2.05) is 37.3 Å². The number of carbonyl (C=O) groups is 1. The Labute approximate surface area is 90.3 Å². The molecule has 0 aliphatic carbocycles. The van der Waals surface area contributed by atoms with Gasteiger partial charge in [-0.25, -0.2) is 0 Å². The van der Waals surface area contributed by atoms with E-state index in [2.05, 4.69) is 6.58 Å². The largest absolute Gasteiger partial charge is 0.481 e. The third-order valence-corrected chi connectivity index (χ3v) is 2.29. The Kier molecular flexibility index (Phi) is 4.10. The summed E-state index contributed by atoms with van der Waals surface area (Å²) in [5.74, 6) is -0.716. The van der Waals surface area contributed by atoms with E-state index in [4.69, 9.17) is 5.11 Å². The molecule has 1 atom stereocenters. The minimum absolute atomic E-state index is 0.0428. The second-order valence-electron chi connectivity index (χ2n) is 3.87. The van der Waals surface area contributed by atoms with Crippen LogP contribution in [0.5, 0.6) is 0 Å². The zero-order valence-corrected chi connectivity index (χ0v) is 8.94. The lowest BCUT2D eigenvalue weighted by Crippen LogP contribution is -2.06. The smallest absolute Gasteiger partial charge is 0.303 e. The van der Waals surface area contributed by atoms with Gasteiger partial charge >= 0.3 is 5.97 Å². The lowest BCUT2D eigenvalue weighted by molar-refractivity contribution is -0.137. The van der Waals surface area contributed by atoms with E-state index in [1.165, 1.54) is 0 Å². The summed E-state index contributed by atoms with van der Waals surface area (Å²) >= 11 is 0. The first kappa shape index (κ1) is 11.5. The van der Waals surface area contributed by atoms with Crippen molar-refractivity contribution in [2.24, 2.45) is 0 Å². The third kappa shape index (κ3) is 3.98. The van der Waals surface area contributed by atoms with E-state index in [9.17, 15) is 4.79 Å². The standard InChI is InChI=1S/C13H16O2/c1-10(2)8-12(9-13(14)15)11-6-4-3-5-7-11/h3-7,12H,1,8-9H2,2H3,(H,14,15)/t12-/m0/s1. The molecule has 0 amide bonds. The Bertz CT molecular complexity index is 325. The number of benzene rings is 1. The molecule has 0 aliphatic heterocycles. The number of carboxylic acid groups (broad SMARTS) is 1. The second-order valence-corrected chi connectivity index (χ2v) is 3.87. The highest BCUT2D eigenvalue weighted by Crippen LogP contribution is 2.26. The molecule has 0 fully saturated rings. The van der Waals surface area contributed by atoms with Crippen LogP contribution in [0, 0.1) is 0 Å². The van der Waals surface area contributed by atoms with E-state index < -0.39 is 5.97 Å². The van der Waals surface area contributed by atoms with Gasteiger partial charge < -0.3 is 5.11 Å². The van der Waals surface area contributed by atoms with Crippen molar-refractivity contribution in [3.8, 4) is 0 Å². The molecule has 0 heterocycles. The van der Waals surface area contributed by atoms with Crippen LogP contribution < -0.4 is 0 Å². The van der Waals surface area contributed by atoms with Crippen molar-refractivity contribution in [3.05, 3.63) is 48.0 Å². The highest BCUT2D eigenvalue weighted by Gasteiger charge is 2.15. The fourth-order valence-electron chi connectivity index (χ4n) is 1.66. The van der Waals surface area contributed by atoms with Gasteiger partial charge in [0.05, 0.1) is 6.42 Å². The van der Waals surface area contributed by atoms with Gasteiger partial charge in [-0.1, -0.05) is 35.9 Å². The topological polar surface area (TPSA) is 37.3 Å². The van der Waals surface area contributed by atoms with E-state index in [-0.39, 0.29) is 12.3 Å². The van der Waals surface area contributed by atoms with Crippen LogP contribution >= 0.6 is 0 Å². The van der Waals surface area contributed by atoms with E-state index >= 15 is 0 Å². The van der Waals surface area contributed by atoms with Crippen molar-refractivity contribution in [1.82, 2.24) is 0 Å². The van der Waals surface area contributed by atoms with Crippen LogP contribution in [0.15, 0.2) is 42.5 Å². The zero-order valence-electron chi connectivity index (χ0n) is 8.94. The maximum Gasteiger partial charge on any atom is 0.303 e. The Hall–Kier alpha value is -1.57. The van der Waals surface area contributed by atoms with Gasteiger partial charge in [0.15, 0.2) is 0 Å². The Morgan fingerprint density at radius 1 is 1.33 bits per heavy atom. The summed E-state index contributed by atoms with van der Waals surface area (Å²) in [6.07, 6.45) is 0.896. The summed E-state index contributed by atoms with van der Waals surface area (Å²) < 4.78 is 0. The normalized spacial score (nSPS) is 12.1. The summed E-state index contributed by atoms with van der Waals surface area (Å²) in [5, 5.41) is 8.83. The molecular formula is C13H16O2. The van der Waals surface area contributed by atoms with Crippen LogP contribution in [0.2, 0.25) is 0 Å². The van der Waals surface area contributed by atoms with Crippen LogP contribution in [0.25, 0.3) is 0 Å². The van der Waals surface area contributed by atoms with Gasteiger partial charge in [0.1, 0.15) is 0 Å². The quantitative estimate of drug-likeness (QED) is 0.748. The second kappa shape index (κ2) is 5.35. The van der Waals surface area contributed by atoms with Gasteiger partial charge in [0.2, 0.25) is 0 Å². The van der Waals surface area contributed by atoms with E-state index in [0.717, 1.165) is 17.6 Å². The summed E-state index contributed by atoms with van der Waals surface area (Å²) in [4.78, 5) is 10.7. The van der Waals surface area contributed by atoms with Crippen molar-refractivity contribution >= 4 is 5.97 Å². The summed E-state index contributed by atoms with van der Waals surface area (Å²) in [7, 11) is 0. The minimum Gasteiger partial charge on any atom is -0.481 e. The predicted octanol–water partition coefficient (Wildman–Crippen LogP) is 3.21. The van der Waals surface area contributed by atoms with E-state index in [1.54, 1.807) is 0 Å². The summed E-state index contributed by atoms with van der Waals surface area (Å²) in [6.45, 7) is 5.76. The van der Waals surface area contributed by atoms with Crippen LogP contribution in [0.4, 0.5) is 0 Å². The van der Waals surface area contributed by atoms with Gasteiger partial charge in [0.25, 0.3) is 0 Å². The molecule has 2 nitrogen and oxygen atoms in total. The first-order valence-corrected chi connectivity index (χ1v) is 5.00. The molecule has 0 unspecified atom stereocenters. The molecule has 0 bridgehead atoms. The molecule has 80 valence electrons. The third-order valence-electron chi connectivity index (χ3n) is 2.29. The molecule has 1 aromatic rings. The maximum atomic E-state index is 10.7. The minimum atomic E-state index is -0.759. The SMILES string of the molecule is C=C(C)C[C@@H](CC(=O)O)c1ccccc1. The van der Waals surface area contributed by atoms with Gasteiger partial charge in [-0.2, -0.15) is 0 Å². The molecule has 1 rings (SSSR count). The fourth-order valence-corrected chi connectivity index (χ4v) is 1.66. The Balaban J connectivity index is 2.81. The number of aliphatic carboxylic acids is 1. The number of hydrogen-bond donors (Lipinski definition) is 1. The molecule has 0 saturated carbocycles. The first-order valence-electron chi connectivity index (χ1n) is 5.00. The van der Waals surface area contributed by atoms with Crippen molar-refractivity contribution in [3.63, 3.8) is 0 Å². The molecular weight excluding hydrogens is 188 g/mol. The zero-order chi connectivity index (χ0) is 11.3.